The van der Waals surface area contributed by atoms with E-state index in [2.05, 4.69) is 5.32 Å². The molecule has 0 spiro atoms. The molecule has 3 rings (SSSR count). The van der Waals surface area contributed by atoms with Crippen molar-refractivity contribution in [2.45, 2.75) is 32.6 Å². The Labute approximate surface area is 185 Å². The summed E-state index contributed by atoms with van der Waals surface area (Å²) in [6.45, 7) is 1.79. The number of nitrogens with one attached hydrogen (secondary N) is 1. The number of rotatable bonds is 9. The third kappa shape index (κ3) is 5.70. The number of fused-ring (bicyclic) bond motifs is 1. The predicted molar refractivity (Wildman–Crippen MR) is 116 cm³/mol. The molecule has 0 fully saturated rings. The monoisotopic (exact) mass is 442 g/mol. The molecule has 0 radical (unpaired) electrons. The predicted octanol–water partition coefficient (Wildman–Crippen LogP) is 3.99. The fraction of sp³-hybridized carbons (Fsp3) is 0.304. The average molecular weight is 443 g/mol. The molecule has 0 aliphatic carbocycles. The number of amides is 3. The molecule has 7 nitrogen and oxygen atoms in total. The van der Waals surface area contributed by atoms with E-state index in [1.165, 1.54) is 4.90 Å². The lowest BCUT2D eigenvalue weighted by molar-refractivity contribution is -0.147. The Bertz CT molecular complexity index is 986. The first-order valence-electron chi connectivity index (χ1n) is 10.0. The molecule has 0 saturated carbocycles. The maximum Gasteiger partial charge on any atom is 0.306 e. The lowest BCUT2D eigenvalue weighted by atomic mass is 10.1. The third-order valence-corrected chi connectivity index (χ3v) is 5.37. The van der Waals surface area contributed by atoms with Crippen LogP contribution in [0.3, 0.4) is 0 Å². The van der Waals surface area contributed by atoms with Crippen molar-refractivity contribution in [2.24, 2.45) is 0 Å². The Kier molecular flexibility index (Phi) is 7.41. The summed E-state index contributed by atoms with van der Waals surface area (Å²) >= 11 is 6.01. The molecule has 0 aromatic heterocycles. The van der Waals surface area contributed by atoms with Crippen LogP contribution in [0.1, 0.15) is 52.0 Å². The molecule has 3 amide bonds. The SMILES string of the molecule is Cc1ccc(NC(=O)COC(=O)CCCCCN2C(=O)c3ccccc3C2=O)cc1Cl. The second kappa shape index (κ2) is 10.2. The second-order valence-corrected chi connectivity index (χ2v) is 7.70. The standard InChI is InChI=1S/C23H23ClN2O5/c1-15-10-11-16(13-19(15)24)25-20(27)14-31-21(28)9-3-2-6-12-26-22(29)17-7-4-5-8-18(17)23(26)30/h4-5,7-8,10-11,13H,2-3,6,9,12,14H2,1H3,(H,25,27). The topological polar surface area (TPSA) is 92.8 Å². The van der Waals surface area contributed by atoms with Crippen LogP contribution >= 0.6 is 11.6 Å². The fourth-order valence-electron chi connectivity index (χ4n) is 3.24. The van der Waals surface area contributed by atoms with Crippen molar-refractivity contribution < 1.29 is 23.9 Å². The van der Waals surface area contributed by atoms with Crippen molar-refractivity contribution in [1.82, 2.24) is 4.90 Å². The zero-order chi connectivity index (χ0) is 22.4. The van der Waals surface area contributed by atoms with Gasteiger partial charge < -0.3 is 10.1 Å². The van der Waals surface area contributed by atoms with Gasteiger partial charge in [-0.25, -0.2) is 0 Å². The van der Waals surface area contributed by atoms with Gasteiger partial charge in [0, 0.05) is 23.7 Å². The van der Waals surface area contributed by atoms with Crippen LogP contribution in [0.25, 0.3) is 0 Å². The van der Waals surface area contributed by atoms with Crippen LogP contribution in [0.15, 0.2) is 42.5 Å². The number of halogens is 1. The van der Waals surface area contributed by atoms with E-state index in [0.717, 1.165) is 5.56 Å². The summed E-state index contributed by atoms with van der Waals surface area (Å²) in [5.41, 5.74) is 2.29. The largest absolute Gasteiger partial charge is 0.456 e. The third-order valence-electron chi connectivity index (χ3n) is 4.96. The van der Waals surface area contributed by atoms with E-state index in [0.29, 0.717) is 47.6 Å². The molecule has 1 aliphatic rings. The number of hydrogen-bond donors (Lipinski definition) is 1. The summed E-state index contributed by atoms with van der Waals surface area (Å²) in [6, 6.07) is 11.9. The van der Waals surface area contributed by atoms with Crippen molar-refractivity contribution in [3.05, 3.63) is 64.2 Å². The van der Waals surface area contributed by atoms with E-state index in [-0.39, 0.29) is 24.8 Å². The van der Waals surface area contributed by atoms with Crippen molar-refractivity contribution in [1.29, 1.82) is 0 Å². The van der Waals surface area contributed by atoms with E-state index < -0.39 is 11.9 Å². The van der Waals surface area contributed by atoms with E-state index >= 15 is 0 Å². The molecule has 162 valence electrons. The van der Waals surface area contributed by atoms with E-state index in [9.17, 15) is 19.2 Å². The lowest BCUT2D eigenvalue weighted by Crippen LogP contribution is -2.30. The molecular weight excluding hydrogens is 420 g/mol. The number of nitrogens with zero attached hydrogens (tertiary/aromatic N) is 1. The molecule has 8 heteroatoms. The number of ether oxygens (including phenoxy) is 1. The highest BCUT2D eigenvalue weighted by Gasteiger charge is 2.34. The van der Waals surface area contributed by atoms with Crippen molar-refractivity contribution in [3.63, 3.8) is 0 Å². The average Bonchev–Trinajstić information content (AvgIpc) is 2.99. The summed E-state index contributed by atoms with van der Waals surface area (Å²) < 4.78 is 4.98. The summed E-state index contributed by atoms with van der Waals surface area (Å²) in [5.74, 6) is -1.47. The number of carbonyl (C=O) groups excluding carboxylic acids is 4. The van der Waals surface area contributed by atoms with Gasteiger partial charge in [-0.3, -0.25) is 24.1 Å². The van der Waals surface area contributed by atoms with Gasteiger partial charge in [-0.1, -0.05) is 36.2 Å². The molecule has 31 heavy (non-hydrogen) atoms. The molecule has 2 aromatic carbocycles. The maximum absolute atomic E-state index is 12.3. The first-order chi connectivity index (χ1) is 14.9. The van der Waals surface area contributed by atoms with E-state index in [4.69, 9.17) is 16.3 Å². The number of esters is 1. The number of unbranched alkanes of at least 4 members (excludes halogenated alkanes) is 2. The zero-order valence-corrected chi connectivity index (χ0v) is 17.9. The van der Waals surface area contributed by atoms with Crippen LogP contribution in [-0.4, -0.2) is 41.7 Å². The molecule has 1 aliphatic heterocycles. The Morgan fingerprint density at radius 2 is 1.68 bits per heavy atom. The zero-order valence-electron chi connectivity index (χ0n) is 17.2. The molecule has 1 heterocycles. The van der Waals surface area contributed by atoms with Crippen molar-refractivity contribution in [2.75, 3.05) is 18.5 Å². The molecule has 0 unspecified atom stereocenters. The summed E-state index contributed by atoms with van der Waals surface area (Å²) in [5, 5.41) is 3.16. The Hall–Kier alpha value is -3.19. The number of aryl methyl sites for hydroxylation is 1. The van der Waals surface area contributed by atoms with Crippen LogP contribution in [0.2, 0.25) is 5.02 Å². The highest BCUT2D eigenvalue weighted by molar-refractivity contribution is 6.31. The second-order valence-electron chi connectivity index (χ2n) is 7.29. The number of imide groups is 1. The molecule has 0 bridgehead atoms. The normalized spacial score (nSPS) is 12.6. The smallest absolute Gasteiger partial charge is 0.306 e. The van der Waals surface area contributed by atoms with Crippen LogP contribution in [0.5, 0.6) is 0 Å². The molecule has 1 N–H and O–H groups in total. The van der Waals surface area contributed by atoms with Crippen molar-refractivity contribution in [3.8, 4) is 0 Å². The van der Waals surface area contributed by atoms with Gasteiger partial charge in [-0.05, 0) is 49.6 Å². The Balaban J connectivity index is 1.31. The number of anilines is 1. The van der Waals surface area contributed by atoms with Gasteiger partial charge in [-0.2, -0.15) is 0 Å². The quantitative estimate of drug-likeness (QED) is 0.360. The van der Waals surface area contributed by atoms with Gasteiger partial charge in [0.15, 0.2) is 6.61 Å². The minimum absolute atomic E-state index is 0.158. The lowest BCUT2D eigenvalue weighted by Gasteiger charge is -2.13. The minimum atomic E-state index is -0.474. The number of hydrogen-bond acceptors (Lipinski definition) is 5. The van der Waals surface area contributed by atoms with E-state index in [1.807, 2.05) is 6.92 Å². The van der Waals surface area contributed by atoms with Gasteiger partial charge in [0.1, 0.15) is 0 Å². The first kappa shape index (κ1) is 22.5. The van der Waals surface area contributed by atoms with Crippen LogP contribution < -0.4 is 5.32 Å². The Morgan fingerprint density at radius 3 is 2.32 bits per heavy atom. The van der Waals surface area contributed by atoms with Gasteiger partial charge in [0.2, 0.25) is 0 Å². The summed E-state index contributed by atoms with van der Waals surface area (Å²) in [6.07, 6.45) is 1.94. The van der Waals surface area contributed by atoms with E-state index in [1.54, 1.807) is 42.5 Å². The summed E-state index contributed by atoms with van der Waals surface area (Å²) in [7, 11) is 0. The highest BCUT2D eigenvalue weighted by atomic mass is 35.5. The van der Waals surface area contributed by atoms with Gasteiger partial charge in [0.25, 0.3) is 17.7 Å². The van der Waals surface area contributed by atoms with Crippen LogP contribution in [0.4, 0.5) is 5.69 Å². The highest BCUT2D eigenvalue weighted by Crippen LogP contribution is 2.23. The maximum atomic E-state index is 12.3. The van der Waals surface area contributed by atoms with Crippen LogP contribution in [0, 0.1) is 6.92 Å². The van der Waals surface area contributed by atoms with Crippen molar-refractivity contribution >= 4 is 41.0 Å². The number of carbonyl (C=O) groups is 4. The van der Waals surface area contributed by atoms with Gasteiger partial charge >= 0.3 is 5.97 Å². The molecule has 2 aromatic rings. The minimum Gasteiger partial charge on any atom is -0.456 e. The first-order valence-corrected chi connectivity index (χ1v) is 10.4. The van der Waals surface area contributed by atoms with Gasteiger partial charge in [-0.15, -0.1) is 0 Å². The number of benzene rings is 2. The fourth-order valence-corrected chi connectivity index (χ4v) is 3.42. The Morgan fingerprint density at radius 1 is 1.00 bits per heavy atom. The van der Waals surface area contributed by atoms with Crippen LogP contribution in [-0.2, 0) is 14.3 Å². The molecule has 0 atom stereocenters. The molecule has 0 saturated heterocycles. The van der Waals surface area contributed by atoms with Gasteiger partial charge in [0.05, 0.1) is 11.1 Å². The molecular formula is C23H23ClN2O5. The summed E-state index contributed by atoms with van der Waals surface area (Å²) in [4.78, 5) is 49.5.